The van der Waals surface area contributed by atoms with Crippen LogP contribution in [0.5, 0.6) is 11.5 Å². The van der Waals surface area contributed by atoms with Crippen molar-refractivity contribution in [3.63, 3.8) is 0 Å². The molecule has 0 aromatic heterocycles. The second kappa shape index (κ2) is 11.3. The fourth-order valence-electron chi connectivity index (χ4n) is 3.51. The van der Waals surface area contributed by atoms with E-state index < -0.39 is 0 Å². The number of nitrogens with zero attached hydrogens (tertiary/aromatic N) is 1. The number of methoxy groups -OCH3 is 1. The number of aryl methyl sites for hydroxylation is 1. The van der Waals surface area contributed by atoms with Crippen LogP contribution in [0, 0.1) is 6.92 Å². The zero-order chi connectivity index (χ0) is 25.7. The monoisotopic (exact) mass is 522 g/mol. The molecule has 0 spiro atoms. The van der Waals surface area contributed by atoms with E-state index in [0.717, 1.165) is 22.9 Å². The van der Waals surface area contributed by atoms with E-state index >= 15 is 0 Å². The van der Waals surface area contributed by atoms with E-state index in [0.29, 0.717) is 32.7 Å². The van der Waals surface area contributed by atoms with Crippen LogP contribution in [-0.4, -0.2) is 35.7 Å². The lowest BCUT2D eigenvalue weighted by atomic mass is 10.1. The SMILES string of the molecule is COc1cc(/C=C2\SC(=O)N(Cc3ccccc3C)C2=O)ccc1OCC(=O)Nc1ccc(Cl)cc1. The summed E-state index contributed by atoms with van der Waals surface area (Å²) >= 11 is 6.76. The molecular weight excluding hydrogens is 500 g/mol. The minimum atomic E-state index is -0.342. The van der Waals surface area contributed by atoms with Crippen LogP contribution in [0.25, 0.3) is 6.08 Å². The number of rotatable bonds is 8. The van der Waals surface area contributed by atoms with E-state index in [1.807, 2.05) is 31.2 Å². The lowest BCUT2D eigenvalue weighted by Crippen LogP contribution is -2.27. The molecule has 3 aromatic rings. The van der Waals surface area contributed by atoms with Crippen LogP contribution in [0.3, 0.4) is 0 Å². The zero-order valence-corrected chi connectivity index (χ0v) is 21.2. The Bertz CT molecular complexity index is 1340. The standard InChI is InChI=1S/C27H23ClN2O5S/c1-17-5-3-4-6-19(17)15-30-26(32)24(36-27(30)33)14-18-7-12-22(23(13-18)34-2)35-16-25(31)29-21-10-8-20(28)9-11-21/h3-14H,15-16H2,1-2H3,(H,29,31)/b24-14-. The van der Waals surface area contributed by atoms with Crippen LogP contribution >= 0.6 is 23.4 Å². The number of hydrogen-bond acceptors (Lipinski definition) is 6. The third kappa shape index (κ3) is 6.08. The minimum absolute atomic E-state index is 0.225. The van der Waals surface area contributed by atoms with Crippen molar-refractivity contribution in [1.82, 2.24) is 4.90 Å². The van der Waals surface area contributed by atoms with Crippen LogP contribution in [-0.2, 0) is 16.1 Å². The van der Waals surface area contributed by atoms with Gasteiger partial charge in [-0.2, -0.15) is 0 Å². The number of imide groups is 1. The molecule has 1 aliphatic heterocycles. The van der Waals surface area contributed by atoms with Crippen molar-refractivity contribution in [2.45, 2.75) is 13.5 Å². The molecule has 0 saturated carbocycles. The first kappa shape index (κ1) is 25.3. The van der Waals surface area contributed by atoms with Crippen molar-refractivity contribution < 1.29 is 23.9 Å². The normalized spacial score (nSPS) is 14.3. The summed E-state index contributed by atoms with van der Waals surface area (Å²) in [5.41, 5.74) is 3.20. The Labute approximate surface area is 218 Å². The van der Waals surface area contributed by atoms with Crippen LogP contribution in [0.4, 0.5) is 10.5 Å². The number of halogens is 1. The van der Waals surface area contributed by atoms with Gasteiger partial charge in [0.1, 0.15) is 0 Å². The van der Waals surface area contributed by atoms with Crippen molar-refractivity contribution in [2.24, 2.45) is 0 Å². The van der Waals surface area contributed by atoms with E-state index in [9.17, 15) is 14.4 Å². The number of anilines is 1. The first-order valence-corrected chi connectivity index (χ1v) is 12.2. The molecule has 3 amide bonds. The Morgan fingerprint density at radius 2 is 1.81 bits per heavy atom. The zero-order valence-electron chi connectivity index (χ0n) is 19.6. The number of hydrogen-bond donors (Lipinski definition) is 1. The van der Waals surface area contributed by atoms with Gasteiger partial charge >= 0.3 is 0 Å². The van der Waals surface area contributed by atoms with Crippen LogP contribution < -0.4 is 14.8 Å². The van der Waals surface area contributed by atoms with Crippen molar-refractivity contribution in [1.29, 1.82) is 0 Å². The fraction of sp³-hybridized carbons (Fsp3) is 0.148. The van der Waals surface area contributed by atoms with Gasteiger partial charge in [-0.3, -0.25) is 19.3 Å². The summed E-state index contributed by atoms with van der Waals surface area (Å²) in [6.45, 7) is 1.94. The quantitative estimate of drug-likeness (QED) is 0.370. The second-order valence-corrected chi connectivity index (χ2v) is 9.38. The summed E-state index contributed by atoms with van der Waals surface area (Å²) in [5.74, 6) is 0.0768. The highest BCUT2D eigenvalue weighted by Gasteiger charge is 2.35. The van der Waals surface area contributed by atoms with Crippen LogP contribution in [0.15, 0.2) is 71.6 Å². The molecule has 1 heterocycles. The highest BCUT2D eigenvalue weighted by atomic mass is 35.5. The average molecular weight is 523 g/mol. The molecular formula is C27H23ClN2O5S. The summed E-state index contributed by atoms with van der Waals surface area (Å²) in [6, 6.07) is 19.5. The molecule has 0 atom stereocenters. The third-order valence-corrected chi connectivity index (χ3v) is 6.59. The number of nitrogens with one attached hydrogen (secondary N) is 1. The third-order valence-electron chi connectivity index (χ3n) is 5.44. The number of carbonyl (C=O) groups is 3. The molecule has 0 bridgehead atoms. The van der Waals surface area contributed by atoms with Crippen LogP contribution in [0.1, 0.15) is 16.7 Å². The van der Waals surface area contributed by atoms with Crippen molar-refractivity contribution >= 4 is 52.2 Å². The molecule has 0 unspecified atom stereocenters. The summed E-state index contributed by atoms with van der Waals surface area (Å²) < 4.78 is 11.0. The maximum atomic E-state index is 12.9. The summed E-state index contributed by atoms with van der Waals surface area (Å²) in [5, 5.41) is 2.98. The average Bonchev–Trinajstić information content (AvgIpc) is 3.13. The second-order valence-electron chi connectivity index (χ2n) is 7.95. The molecule has 1 aliphatic rings. The number of amides is 3. The number of carbonyl (C=O) groups excluding carboxylic acids is 3. The molecule has 4 rings (SSSR count). The molecule has 36 heavy (non-hydrogen) atoms. The van der Waals surface area contributed by atoms with E-state index in [1.165, 1.54) is 12.0 Å². The number of ether oxygens (including phenoxy) is 2. The fourth-order valence-corrected chi connectivity index (χ4v) is 4.48. The lowest BCUT2D eigenvalue weighted by Gasteiger charge is -2.14. The number of benzene rings is 3. The lowest BCUT2D eigenvalue weighted by molar-refractivity contribution is -0.123. The van der Waals surface area contributed by atoms with E-state index in [1.54, 1.807) is 48.5 Å². The first-order chi connectivity index (χ1) is 17.3. The molecule has 0 aliphatic carbocycles. The molecule has 184 valence electrons. The Morgan fingerprint density at radius 3 is 2.53 bits per heavy atom. The minimum Gasteiger partial charge on any atom is -0.493 e. The molecule has 1 saturated heterocycles. The van der Waals surface area contributed by atoms with Gasteiger partial charge in [0.2, 0.25) is 0 Å². The Kier molecular flexibility index (Phi) is 7.97. The van der Waals surface area contributed by atoms with Gasteiger partial charge in [-0.05, 0) is 77.9 Å². The Morgan fingerprint density at radius 1 is 1.06 bits per heavy atom. The number of thioether (sulfide) groups is 1. The Balaban J connectivity index is 1.42. The van der Waals surface area contributed by atoms with Crippen molar-refractivity contribution in [3.05, 3.63) is 93.3 Å². The summed E-state index contributed by atoms with van der Waals surface area (Å²) in [4.78, 5) is 39.2. The molecule has 7 nitrogen and oxygen atoms in total. The highest BCUT2D eigenvalue weighted by Crippen LogP contribution is 2.35. The van der Waals surface area contributed by atoms with Crippen LogP contribution in [0.2, 0.25) is 5.02 Å². The van der Waals surface area contributed by atoms with Gasteiger partial charge in [0, 0.05) is 10.7 Å². The molecule has 9 heteroatoms. The summed E-state index contributed by atoms with van der Waals surface area (Å²) in [7, 11) is 1.48. The van der Waals surface area contributed by atoms with E-state index in [2.05, 4.69) is 5.32 Å². The maximum Gasteiger partial charge on any atom is 0.293 e. The highest BCUT2D eigenvalue weighted by molar-refractivity contribution is 8.18. The smallest absolute Gasteiger partial charge is 0.293 e. The van der Waals surface area contributed by atoms with Crippen molar-refractivity contribution in [3.8, 4) is 11.5 Å². The van der Waals surface area contributed by atoms with Gasteiger partial charge in [-0.25, -0.2) is 0 Å². The Hall–Kier alpha value is -3.75. The summed E-state index contributed by atoms with van der Waals surface area (Å²) in [6.07, 6.45) is 1.64. The van der Waals surface area contributed by atoms with Gasteiger partial charge in [-0.15, -0.1) is 0 Å². The van der Waals surface area contributed by atoms with E-state index in [-0.39, 0.29) is 30.2 Å². The molecule has 1 N–H and O–H groups in total. The predicted molar refractivity (Wildman–Crippen MR) is 141 cm³/mol. The van der Waals surface area contributed by atoms with Gasteiger partial charge in [0.25, 0.3) is 17.1 Å². The first-order valence-electron chi connectivity index (χ1n) is 11.0. The van der Waals surface area contributed by atoms with Crippen molar-refractivity contribution in [2.75, 3.05) is 19.0 Å². The maximum absolute atomic E-state index is 12.9. The van der Waals surface area contributed by atoms with Gasteiger partial charge in [-0.1, -0.05) is 41.9 Å². The topological polar surface area (TPSA) is 84.9 Å². The molecule has 1 fully saturated rings. The van der Waals surface area contributed by atoms with Gasteiger partial charge in [0.15, 0.2) is 18.1 Å². The predicted octanol–water partition coefficient (Wildman–Crippen LogP) is 5.91. The van der Waals surface area contributed by atoms with Gasteiger partial charge < -0.3 is 14.8 Å². The molecule has 0 radical (unpaired) electrons. The largest absolute Gasteiger partial charge is 0.493 e. The van der Waals surface area contributed by atoms with E-state index in [4.69, 9.17) is 21.1 Å². The molecule has 3 aromatic carbocycles. The van der Waals surface area contributed by atoms with Gasteiger partial charge in [0.05, 0.1) is 18.6 Å².